The van der Waals surface area contributed by atoms with Crippen molar-refractivity contribution in [1.82, 2.24) is 5.32 Å². The van der Waals surface area contributed by atoms with Crippen LogP contribution in [0.15, 0.2) is 22.1 Å². The second-order valence-electron chi connectivity index (χ2n) is 3.85. The summed E-state index contributed by atoms with van der Waals surface area (Å²) in [4.78, 5) is 8.82. The van der Waals surface area contributed by atoms with Crippen LogP contribution in [0.5, 0.6) is 0 Å². The monoisotopic (exact) mass is 199 g/mol. The number of benzene rings is 1. The van der Waals surface area contributed by atoms with E-state index in [2.05, 4.69) is 33.5 Å². The van der Waals surface area contributed by atoms with E-state index in [9.17, 15) is 0 Å². The van der Waals surface area contributed by atoms with Gasteiger partial charge in [0.15, 0.2) is 0 Å². The average Bonchev–Trinajstić information content (AvgIpc) is 2.50. The Balaban J connectivity index is 2.26. The van der Waals surface area contributed by atoms with Gasteiger partial charge in [-0.1, -0.05) is 6.08 Å². The van der Waals surface area contributed by atoms with Crippen molar-refractivity contribution in [3.05, 3.63) is 28.3 Å². The first-order valence-electron chi connectivity index (χ1n) is 5.34. The van der Waals surface area contributed by atoms with Crippen molar-refractivity contribution in [2.45, 2.75) is 6.42 Å². The first-order valence-corrected chi connectivity index (χ1v) is 5.34. The molecule has 1 aromatic rings. The molecule has 76 valence electrons. The zero-order valence-electron chi connectivity index (χ0n) is 8.53. The van der Waals surface area contributed by atoms with E-state index in [1.165, 1.54) is 10.8 Å². The molecule has 0 bridgehead atoms. The molecule has 0 aliphatic carbocycles. The summed E-state index contributed by atoms with van der Waals surface area (Å²) < 4.78 is 0. The molecule has 0 saturated heterocycles. The van der Waals surface area contributed by atoms with Crippen molar-refractivity contribution in [3.63, 3.8) is 0 Å². The van der Waals surface area contributed by atoms with E-state index in [0.717, 1.165) is 30.6 Å². The van der Waals surface area contributed by atoms with Gasteiger partial charge in [0.25, 0.3) is 0 Å². The van der Waals surface area contributed by atoms with Crippen molar-refractivity contribution in [2.75, 3.05) is 19.6 Å². The molecule has 2 heterocycles. The van der Waals surface area contributed by atoms with Crippen LogP contribution in [0, 0.1) is 0 Å². The topological polar surface area (TPSA) is 36.8 Å². The Labute approximate surface area is 88.3 Å². The van der Waals surface area contributed by atoms with E-state index < -0.39 is 0 Å². The van der Waals surface area contributed by atoms with Gasteiger partial charge in [-0.3, -0.25) is 9.98 Å². The number of hydrogen-bond donors (Lipinski definition) is 1. The van der Waals surface area contributed by atoms with Crippen LogP contribution in [-0.2, 0) is 6.42 Å². The van der Waals surface area contributed by atoms with Gasteiger partial charge in [-0.05, 0) is 35.9 Å². The third-order valence-corrected chi connectivity index (χ3v) is 2.85. The van der Waals surface area contributed by atoms with Gasteiger partial charge >= 0.3 is 0 Å². The minimum absolute atomic E-state index is 0.716. The Kier molecular flexibility index (Phi) is 2.10. The van der Waals surface area contributed by atoms with Gasteiger partial charge in [-0.25, -0.2) is 0 Å². The highest BCUT2D eigenvalue weighted by Gasteiger charge is 2.05. The fourth-order valence-corrected chi connectivity index (χ4v) is 2.06. The second kappa shape index (κ2) is 3.59. The maximum absolute atomic E-state index is 4.45. The van der Waals surface area contributed by atoms with E-state index >= 15 is 0 Å². The molecule has 2 aliphatic heterocycles. The van der Waals surface area contributed by atoms with Gasteiger partial charge in [0.2, 0.25) is 0 Å². The number of rotatable bonds is 0. The molecule has 1 N–H and O–H groups in total. The molecule has 0 amide bonds. The number of fused-ring (bicyclic) bond motifs is 2. The summed E-state index contributed by atoms with van der Waals surface area (Å²) in [5, 5.41) is 5.72. The SMILES string of the molecule is C1=Nc2cc3c(cc2=NC1)CCNCC=3. The Bertz CT molecular complexity index is 529. The fourth-order valence-electron chi connectivity index (χ4n) is 2.06. The van der Waals surface area contributed by atoms with Crippen molar-refractivity contribution in [1.29, 1.82) is 0 Å². The first kappa shape index (κ1) is 8.80. The molecular formula is C12H13N3. The second-order valence-corrected chi connectivity index (χ2v) is 3.85. The van der Waals surface area contributed by atoms with Gasteiger partial charge in [-0.15, -0.1) is 0 Å². The first-order chi connectivity index (χ1) is 7.43. The van der Waals surface area contributed by atoms with Crippen molar-refractivity contribution in [3.8, 4) is 0 Å². The summed E-state index contributed by atoms with van der Waals surface area (Å²) in [5.74, 6) is 0. The van der Waals surface area contributed by atoms with Crippen LogP contribution >= 0.6 is 0 Å². The van der Waals surface area contributed by atoms with Crippen LogP contribution < -0.4 is 15.9 Å². The van der Waals surface area contributed by atoms with Crippen LogP contribution in [0.1, 0.15) is 5.56 Å². The molecule has 0 radical (unpaired) electrons. The number of nitrogens with zero attached hydrogens (tertiary/aromatic N) is 2. The molecule has 3 rings (SSSR count). The maximum atomic E-state index is 4.45. The van der Waals surface area contributed by atoms with Crippen LogP contribution in [0.2, 0.25) is 0 Å². The van der Waals surface area contributed by atoms with E-state index in [1.54, 1.807) is 0 Å². The molecule has 3 heteroatoms. The van der Waals surface area contributed by atoms with Gasteiger partial charge in [-0.2, -0.15) is 0 Å². The van der Waals surface area contributed by atoms with E-state index in [-0.39, 0.29) is 0 Å². The predicted octanol–water partition coefficient (Wildman–Crippen LogP) is -0.0517. The van der Waals surface area contributed by atoms with Gasteiger partial charge < -0.3 is 5.32 Å². The summed E-state index contributed by atoms with van der Waals surface area (Å²) in [6.07, 6.45) is 5.18. The molecule has 1 aromatic carbocycles. The fraction of sp³-hybridized carbons (Fsp3) is 0.333. The largest absolute Gasteiger partial charge is 0.313 e. The quantitative estimate of drug-likeness (QED) is 0.625. The smallest absolute Gasteiger partial charge is 0.0884 e. The summed E-state index contributed by atoms with van der Waals surface area (Å²) in [5.41, 5.74) is 2.40. The lowest BCUT2D eigenvalue weighted by Gasteiger charge is -2.04. The normalized spacial score (nSPS) is 18.1. The van der Waals surface area contributed by atoms with Crippen molar-refractivity contribution in [2.24, 2.45) is 9.98 Å². The molecule has 0 fully saturated rings. The van der Waals surface area contributed by atoms with Crippen LogP contribution in [0.3, 0.4) is 0 Å². The molecule has 0 spiro atoms. The lowest BCUT2D eigenvalue weighted by molar-refractivity contribution is 0.766. The van der Waals surface area contributed by atoms with Crippen molar-refractivity contribution < 1.29 is 0 Å². The third kappa shape index (κ3) is 1.59. The van der Waals surface area contributed by atoms with E-state index in [4.69, 9.17) is 0 Å². The minimum atomic E-state index is 0.716. The molecule has 0 unspecified atom stereocenters. The minimum Gasteiger partial charge on any atom is -0.313 e. The highest BCUT2D eigenvalue weighted by molar-refractivity contribution is 5.67. The Morgan fingerprint density at radius 3 is 3.27 bits per heavy atom. The summed E-state index contributed by atoms with van der Waals surface area (Å²) in [6.45, 7) is 2.71. The zero-order valence-corrected chi connectivity index (χ0v) is 8.53. The van der Waals surface area contributed by atoms with Crippen LogP contribution in [0.25, 0.3) is 6.08 Å². The van der Waals surface area contributed by atoms with Crippen LogP contribution in [-0.4, -0.2) is 25.8 Å². The number of nitrogens with one attached hydrogen (secondary N) is 1. The predicted molar refractivity (Wildman–Crippen MR) is 61.3 cm³/mol. The standard InChI is InChI=1S/C12H13N3/c1-3-13-4-2-10-8-12-11(7-9(1)10)14-5-6-15-12/h1,5,7-8,13H,2-4,6H2. The Morgan fingerprint density at radius 2 is 2.27 bits per heavy atom. The highest BCUT2D eigenvalue weighted by Crippen LogP contribution is 2.05. The van der Waals surface area contributed by atoms with E-state index in [0.29, 0.717) is 6.54 Å². The van der Waals surface area contributed by atoms with Gasteiger partial charge in [0.05, 0.1) is 17.6 Å². The molecule has 3 nitrogen and oxygen atoms in total. The Hall–Kier alpha value is -1.48. The number of aliphatic imine (C=N–C) groups is 1. The molecule has 0 saturated carbocycles. The summed E-state index contributed by atoms with van der Waals surface area (Å²) >= 11 is 0. The summed E-state index contributed by atoms with van der Waals surface area (Å²) in [6, 6.07) is 4.33. The molecule has 15 heavy (non-hydrogen) atoms. The Morgan fingerprint density at radius 1 is 1.27 bits per heavy atom. The zero-order chi connectivity index (χ0) is 10.1. The van der Waals surface area contributed by atoms with E-state index in [1.807, 2.05) is 6.21 Å². The molecule has 0 atom stereocenters. The molecule has 0 aromatic heterocycles. The van der Waals surface area contributed by atoms with Gasteiger partial charge in [0, 0.05) is 12.8 Å². The average molecular weight is 199 g/mol. The lowest BCUT2D eigenvalue weighted by Crippen LogP contribution is -2.18. The highest BCUT2D eigenvalue weighted by atomic mass is 14.9. The lowest BCUT2D eigenvalue weighted by atomic mass is 10.1. The molecule has 2 aliphatic rings. The third-order valence-electron chi connectivity index (χ3n) is 2.85. The summed E-state index contributed by atoms with van der Waals surface area (Å²) in [7, 11) is 0. The maximum Gasteiger partial charge on any atom is 0.0884 e. The van der Waals surface area contributed by atoms with Crippen LogP contribution in [0.4, 0.5) is 5.69 Å². The van der Waals surface area contributed by atoms with Crippen molar-refractivity contribution >= 4 is 18.0 Å². The number of hydrogen-bond acceptors (Lipinski definition) is 3. The van der Waals surface area contributed by atoms with Gasteiger partial charge in [0.1, 0.15) is 0 Å². The molecular weight excluding hydrogens is 186 g/mol.